The third kappa shape index (κ3) is 4.92. The van der Waals surface area contributed by atoms with Gasteiger partial charge in [0.15, 0.2) is 22.7 Å². The van der Waals surface area contributed by atoms with Gasteiger partial charge in [-0.05, 0) is 63.2 Å². The summed E-state index contributed by atoms with van der Waals surface area (Å²) in [5.74, 6) is 1.32. The molecule has 0 bridgehead atoms. The van der Waals surface area contributed by atoms with E-state index in [0.29, 0.717) is 76.0 Å². The summed E-state index contributed by atoms with van der Waals surface area (Å²) in [6, 6.07) is 11.9. The number of anilines is 1. The van der Waals surface area contributed by atoms with Gasteiger partial charge in [0.25, 0.3) is 5.91 Å². The van der Waals surface area contributed by atoms with E-state index in [9.17, 15) is 4.79 Å². The van der Waals surface area contributed by atoms with Crippen LogP contribution in [-0.2, 0) is 0 Å². The Morgan fingerprint density at radius 3 is 2.35 bits per heavy atom. The van der Waals surface area contributed by atoms with E-state index in [1.807, 2.05) is 20.8 Å². The second-order valence-corrected chi connectivity index (χ2v) is 7.50. The predicted molar refractivity (Wildman–Crippen MR) is 130 cm³/mol. The number of halogens is 1. The summed E-state index contributed by atoms with van der Waals surface area (Å²) in [6.45, 7) is 6.86. The number of carbonyl (C=O) groups is 1. The van der Waals surface area contributed by atoms with Gasteiger partial charge in [0.1, 0.15) is 0 Å². The molecule has 9 heteroatoms. The molecule has 0 unspecified atom stereocenters. The lowest BCUT2D eigenvalue weighted by Crippen LogP contribution is -2.13. The van der Waals surface area contributed by atoms with Gasteiger partial charge in [-0.2, -0.15) is 4.98 Å². The number of oxazole rings is 1. The van der Waals surface area contributed by atoms with Crippen molar-refractivity contribution in [2.24, 2.45) is 0 Å². The average Bonchev–Trinajstić information content (AvgIpc) is 3.26. The van der Waals surface area contributed by atoms with Crippen LogP contribution in [0, 0.1) is 0 Å². The SMILES string of the molecule is CCOc1cc(C(=O)Nc2ccc(Cl)c(-c3nc4ncccc4o3)c2)cc(OCC)c1OCC. The van der Waals surface area contributed by atoms with Gasteiger partial charge < -0.3 is 23.9 Å². The van der Waals surface area contributed by atoms with Gasteiger partial charge >= 0.3 is 0 Å². The van der Waals surface area contributed by atoms with Crippen LogP contribution >= 0.6 is 11.6 Å². The van der Waals surface area contributed by atoms with Gasteiger partial charge in [0, 0.05) is 17.4 Å². The number of nitrogens with zero attached hydrogens (tertiary/aromatic N) is 2. The first-order valence-corrected chi connectivity index (χ1v) is 11.3. The smallest absolute Gasteiger partial charge is 0.255 e. The first kappa shape index (κ1) is 23.4. The van der Waals surface area contributed by atoms with Crippen molar-refractivity contribution < 1.29 is 23.4 Å². The lowest BCUT2D eigenvalue weighted by atomic mass is 10.1. The van der Waals surface area contributed by atoms with E-state index in [1.54, 1.807) is 48.7 Å². The van der Waals surface area contributed by atoms with E-state index in [0.717, 1.165) is 0 Å². The minimum Gasteiger partial charge on any atom is -0.490 e. The van der Waals surface area contributed by atoms with Gasteiger partial charge in [-0.15, -0.1) is 0 Å². The number of pyridine rings is 1. The fourth-order valence-corrected chi connectivity index (χ4v) is 3.57. The topological polar surface area (TPSA) is 95.7 Å². The van der Waals surface area contributed by atoms with E-state index >= 15 is 0 Å². The molecule has 0 aliphatic carbocycles. The second kappa shape index (κ2) is 10.4. The molecular weight excluding hydrogens is 458 g/mol. The van der Waals surface area contributed by atoms with Crippen molar-refractivity contribution in [2.45, 2.75) is 20.8 Å². The average molecular weight is 482 g/mol. The highest BCUT2D eigenvalue weighted by Gasteiger charge is 2.19. The Kier molecular flexibility index (Phi) is 7.18. The summed E-state index contributed by atoms with van der Waals surface area (Å²) < 4.78 is 22.9. The second-order valence-electron chi connectivity index (χ2n) is 7.09. The van der Waals surface area contributed by atoms with E-state index in [-0.39, 0.29) is 5.91 Å². The summed E-state index contributed by atoms with van der Waals surface area (Å²) in [6.07, 6.45) is 1.64. The Hall–Kier alpha value is -3.78. The fourth-order valence-electron chi connectivity index (χ4n) is 3.37. The van der Waals surface area contributed by atoms with Crippen molar-refractivity contribution in [3.05, 3.63) is 59.2 Å². The molecule has 0 atom stereocenters. The molecule has 0 radical (unpaired) electrons. The lowest BCUT2D eigenvalue weighted by molar-refractivity contribution is 0.102. The first-order valence-electron chi connectivity index (χ1n) is 10.9. The molecule has 2 aromatic carbocycles. The van der Waals surface area contributed by atoms with Crippen LogP contribution in [-0.4, -0.2) is 35.7 Å². The number of carbonyl (C=O) groups excluding carboxylic acids is 1. The zero-order chi connectivity index (χ0) is 24.1. The Morgan fingerprint density at radius 2 is 1.71 bits per heavy atom. The maximum absolute atomic E-state index is 13.1. The maximum atomic E-state index is 13.1. The van der Waals surface area contributed by atoms with Crippen LogP contribution in [0.25, 0.3) is 22.7 Å². The number of amides is 1. The van der Waals surface area contributed by atoms with Crippen LogP contribution in [0.2, 0.25) is 5.02 Å². The number of hydrogen-bond donors (Lipinski definition) is 1. The molecule has 176 valence electrons. The number of rotatable bonds is 9. The highest BCUT2D eigenvalue weighted by molar-refractivity contribution is 6.33. The van der Waals surface area contributed by atoms with Crippen molar-refractivity contribution in [1.82, 2.24) is 9.97 Å². The Labute approximate surface area is 201 Å². The van der Waals surface area contributed by atoms with Gasteiger partial charge in [-0.25, -0.2) is 4.98 Å². The molecule has 4 aromatic rings. The number of hydrogen-bond acceptors (Lipinski definition) is 7. The molecule has 4 rings (SSSR count). The number of benzene rings is 2. The molecule has 0 fully saturated rings. The quantitative estimate of drug-likeness (QED) is 0.313. The highest BCUT2D eigenvalue weighted by atomic mass is 35.5. The summed E-state index contributed by atoms with van der Waals surface area (Å²) in [5, 5.41) is 3.32. The largest absolute Gasteiger partial charge is 0.490 e. The zero-order valence-corrected chi connectivity index (χ0v) is 19.8. The van der Waals surface area contributed by atoms with Crippen molar-refractivity contribution in [3.63, 3.8) is 0 Å². The molecule has 1 amide bonds. The Morgan fingerprint density at radius 1 is 1.00 bits per heavy atom. The van der Waals surface area contributed by atoms with Gasteiger partial charge in [-0.3, -0.25) is 4.79 Å². The standard InChI is InChI=1S/C25H24ClN3O5/c1-4-31-20-12-15(13-21(32-5-2)22(20)33-6-3)24(30)28-16-9-10-18(26)17(14-16)25-29-23-19(34-25)8-7-11-27-23/h7-14H,4-6H2,1-3H3,(H,28,30). The Bertz CT molecular complexity index is 1260. The zero-order valence-electron chi connectivity index (χ0n) is 19.1. The number of fused-ring (bicyclic) bond motifs is 1. The molecule has 0 saturated carbocycles. The minimum absolute atomic E-state index is 0.313. The molecule has 2 aromatic heterocycles. The summed E-state index contributed by atoms with van der Waals surface area (Å²) in [4.78, 5) is 21.7. The summed E-state index contributed by atoms with van der Waals surface area (Å²) >= 11 is 6.39. The van der Waals surface area contributed by atoms with Gasteiger partial charge in [0.2, 0.25) is 11.6 Å². The van der Waals surface area contributed by atoms with E-state index < -0.39 is 0 Å². The maximum Gasteiger partial charge on any atom is 0.255 e. The number of nitrogens with one attached hydrogen (secondary N) is 1. The van der Waals surface area contributed by atoms with E-state index in [4.69, 9.17) is 30.2 Å². The molecule has 34 heavy (non-hydrogen) atoms. The molecule has 1 N–H and O–H groups in total. The first-order chi connectivity index (χ1) is 16.5. The highest BCUT2D eigenvalue weighted by Crippen LogP contribution is 2.39. The molecule has 0 aliphatic rings. The van der Waals surface area contributed by atoms with Crippen LogP contribution in [0.15, 0.2) is 53.1 Å². The summed E-state index contributed by atoms with van der Waals surface area (Å²) in [5.41, 5.74) is 2.44. The lowest BCUT2D eigenvalue weighted by Gasteiger charge is -2.17. The van der Waals surface area contributed by atoms with Gasteiger partial charge in [-0.1, -0.05) is 11.6 Å². The Balaban J connectivity index is 1.65. The van der Waals surface area contributed by atoms with E-state index in [1.165, 1.54) is 0 Å². The van der Waals surface area contributed by atoms with Crippen molar-refractivity contribution in [2.75, 3.05) is 25.1 Å². The molecule has 0 saturated heterocycles. The van der Waals surface area contributed by atoms with Crippen molar-refractivity contribution in [3.8, 4) is 28.7 Å². The predicted octanol–water partition coefficient (Wildman–Crippen LogP) is 5.99. The van der Waals surface area contributed by atoms with Crippen LogP contribution in [0.3, 0.4) is 0 Å². The third-order valence-electron chi connectivity index (χ3n) is 4.79. The van der Waals surface area contributed by atoms with Crippen LogP contribution < -0.4 is 19.5 Å². The molecule has 2 heterocycles. The van der Waals surface area contributed by atoms with E-state index in [2.05, 4.69) is 15.3 Å². The molecule has 0 spiro atoms. The fraction of sp³-hybridized carbons (Fsp3) is 0.240. The number of aromatic nitrogens is 2. The molecular formula is C25H24ClN3O5. The van der Waals surface area contributed by atoms with Crippen molar-refractivity contribution >= 4 is 34.4 Å². The number of ether oxygens (including phenoxy) is 3. The molecule has 8 nitrogen and oxygen atoms in total. The summed E-state index contributed by atoms with van der Waals surface area (Å²) in [7, 11) is 0. The van der Waals surface area contributed by atoms with Gasteiger partial charge in [0.05, 0.1) is 30.4 Å². The molecule has 0 aliphatic heterocycles. The normalized spacial score (nSPS) is 10.8. The van der Waals surface area contributed by atoms with Crippen LogP contribution in [0.5, 0.6) is 17.2 Å². The van der Waals surface area contributed by atoms with Crippen LogP contribution in [0.4, 0.5) is 5.69 Å². The van der Waals surface area contributed by atoms with Crippen molar-refractivity contribution in [1.29, 1.82) is 0 Å². The monoisotopic (exact) mass is 481 g/mol. The van der Waals surface area contributed by atoms with Crippen LogP contribution in [0.1, 0.15) is 31.1 Å². The third-order valence-corrected chi connectivity index (χ3v) is 5.12. The minimum atomic E-state index is -0.350.